The molecule has 0 aromatic heterocycles. The number of rotatable bonds is 7. The smallest absolute Gasteiger partial charge is 0.263 e. The molecule has 11 heteroatoms. The number of amides is 3. The van der Waals surface area contributed by atoms with Gasteiger partial charge in [0.2, 0.25) is 0 Å². The number of hydrogen-bond donors (Lipinski definition) is 3. The Balaban J connectivity index is 1.12. The van der Waals surface area contributed by atoms with Crippen LogP contribution in [0.15, 0.2) is 42.5 Å². The number of aliphatic hydroxyl groups is 1. The largest absolute Gasteiger partial charge is 0.484 e. The second-order valence-electron chi connectivity index (χ2n) is 9.23. The Morgan fingerprint density at radius 1 is 1.14 bits per heavy atom. The summed E-state index contributed by atoms with van der Waals surface area (Å²) in [6.07, 6.45) is 0.772. The fourth-order valence-corrected chi connectivity index (χ4v) is 5.25. The highest BCUT2D eigenvalue weighted by Crippen LogP contribution is 2.60. The minimum absolute atomic E-state index is 0.0111. The van der Waals surface area contributed by atoms with Crippen LogP contribution in [0.3, 0.4) is 0 Å². The van der Waals surface area contributed by atoms with Crippen molar-refractivity contribution >= 4 is 35.0 Å². The summed E-state index contributed by atoms with van der Waals surface area (Å²) in [4.78, 5) is 38.8. The number of carbonyl (C=O) groups excluding carboxylic acids is 3. The predicted molar refractivity (Wildman–Crippen MR) is 123 cm³/mol. The van der Waals surface area contributed by atoms with Crippen LogP contribution in [0.2, 0.25) is 5.02 Å². The van der Waals surface area contributed by atoms with Gasteiger partial charge in [0.25, 0.3) is 17.7 Å². The van der Waals surface area contributed by atoms with E-state index in [0.717, 1.165) is 6.07 Å². The van der Waals surface area contributed by atoms with E-state index in [1.54, 1.807) is 24.3 Å². The lowest BCUT2D eigenvalue weighted by Crippen LogP contribution is -2.84. The van der Waals surface area contributed by atoms with Gasteiger partial charge in [0, 0.05) is 17.1 Å². The van der Waals surface area contributed by atoms with Gasteiger partial charge >= 0.3 is 0 Å². The van der Waals surface area contributed by atoms with Crippen LogP contribution in [0.5, 0.6) is 11.5 Å². The zero-order chi connectivity index (χ0) is 24.8. The summed E-state index contributed by atoms with van der Waals surface area (Å²) in [5.41, 5.74) is -0.333. The molecular formula is C24H23ClFN3O6. The number of ether oxygens (including phenoxy) is 2. The zero-order valence-corrected chi connectivity index (χ0v) is 19.3. The summed E-state index contributed by atoms with van der Waals surface area (Å²) >= 11 is 5.64. The fraction of sp³-hybridized carbons (Fsp3) is 0.375. The van der Waals surface area contributed by atoms with Crippen LogP contribution in [-0.4, -0.2) is 59.8 Å². The highest BCUT2D eigenvalue weighted by Gasteiger charge is 2.69. The molecule has 2 bridgehead atoms. The number of carbonyl (C=O) groups is 3. The van der Waals surface area contributed by atoms with E-state index < -0.39 is 35.5 Å². The fourth-order valence-electron chi connectivity index (χ4n) is 5.13. The summed E-state index contributed by atoms with van der Waals surface area (Å²) in [6, 6.07) is 10.8. The van der Waals surface area contributed by atoms with Crippen molar-refractivity contribution in [1.29, 1.82) is 0 Å². The Morgan fingerprint density at radius 3 is 2.57 bits per heavy atom. The lowest BCUT2D eigenvalue weighted by molar-refractivity contribution is -0.153. The van der Waals surface area contributed by atoms with Crippen molar-refractivity contribution in [2.75, 3.05) is 24.7 Å². The Labute approximate surface area is 205 Å². The molecule has 2 aromatic carbocycles. The standard InChI is InChI=1S/C24H23ClFN3O6/c25-15-6-5-14(7-16(15)26)34-10-20(31)27-23-11-24(12-23,13-23)28-22(33)19-8-29(21(32)9-30)17-3-1-2-4-18(17)35-19/h1-7,19,30H,8-13H2,(H,27,31)(H,28,33). The molecule has 3 aliphatic carbocycles. The summed E-state index contributed by atoms with van der Waals surface area (Å²) in [6.45, 7) is -0.958. The second-order valence-corrected chi connectivity index (χ2v) is 9.64. The molecule has 35 heavy (non-hydrogen) atoms. The molecule has 1 atom stereocenters. The first-order valence-electron chi connectivity index (χ1n) is 11.1. The molecule has 1 heterocycles. The molecular weight excluding hydrogens is 481 g/mol. The maximum absolute atomic E-state index is 13.5. The number of fused-ring (bicyclic) bond motifs is 1. The quantitative estimate of drug-likeness (QED) is 0.528. The van der Waals surface area contributed by atoms with Gasteiger partial charge in [-0.3, -0.25) is 14.4 Å². The summed E-state index contributed by atoms with van der Waals surface area (Å²) in [5.74, 6) is -1.26. The van der Waals surface area contributed by atoms with Gasteiger partial charge in [0.1, 0.15) is 23.9 Å². The number of benzene rings is 2. The topological polar surface area (TPSA) is 117 Å². The van der Waals surface area contributed by atoms with Crippen LogP contribution in [0, 0.1) is 5.82 Å². The lowest BCUT2D eigenvalue weighted by atomic mass is 9.44. The Morgan fingerprint density at radius 2 is 1.86 bits per heavy atom. The molecule has 184 valence electrons. The van der Waals surface area contributed by atoms with Crippen LogP contribution in [0.4, 0.5) is 10.1 Å². The molecule has 0 saturated heterocycles. The molecule has 9 nitrogen and oxygen atoms in total. The Kier molecular flexibility index (Phi) is 5.80. The molecule has 4 aliphatic rings. The van der Waals surface area contributed by atoms with Crippen molar-refractivity contribution in [2.24, 2.45) is 0 Å². The maximum Gasteiger partial charge on any atom is 0.263 e. The van der Waals surface area contributed by atoms with Gasteiger partial charge in [-0.2, -0.15) is 0 Å². The van der Waals surface area contributed by atoms with Crippen LogP contribution in [0.1, 0.15) is 19.3 Å². The van der Waals surface area contributed by atoms with E-state index >= 15 is 0 Å². The van der Waals surface area contributed by atoms with Crippen molar-refractivity contribution in [3.8, 4) is 11.5 Å². The number of anilines is 1. The van der Waals surface area contributed by atoms with Gasteiger partial charge in [-0.05, 0) is 43.5 Å². The normalized spacial score (nSPS) is 25.8. The first-order chi connectivity index (χ1) is 16.7. The van der Waals surface area contributed by atoms with Gasteiger partial charge < -0.3 is 30.1 Å². The van der Waals surface area contributed by atoms with Gasteiger partial charge in [-0.25, -0.2) is 4.39 Å². The molecule has 3 saturated carbocycles. The number of para-hydroxylation sites is 2. The Bertz CT molecular complexity index is 1190. The molecule has 0 radical (unpaired) electrons. The zero-order valence-electron chi connectivity index (χ0n) is 18.6. The molecule has 3 fully saturated rings. The molecule has 1 aliphatic heterocycles. The van der Waals surface area contributed by atoms with Crippen molar-refractivity contribution in [1.82, 2.24) is 10.6 Å². The second kappa shape index (κ2) is 8.69. The van der Waals surface area contributed by atoms with Gasteiger partial charge in [0.15, 0.2) is 12.7 Å². The third-order valence-electron chi connectivity index (χ3n) is 6.59. The number of hydrogen-bond acceptors (Lipinski definition) is 6. The third-order valence-corrected chi connectivity index (χ3v) is 6.89. The summed E-state index contributed by atoms with van der Waals surface area (Å²) in [5, 5.41) is 15.2. The van der Waals surface area contributed by atoms with Crippen molar-refractivity contribution in [3.05, 3.63) is 53.3 Å². The first-order valence-corrected chi connectivity index (χ1v) is 11.5. The van der Waals surface area contributed by atoms with E-state index in [-0.39, 0.29) is 35.7 Å². The highest BCUT2D eigenvalue weighted by molar-refractivity contribution is 6.30. The van der Waals surface area contributed by atoms with E-state index in [4.69, 9.17) is 21.1 Å². The average molecular weight is 504 g/mol. The van der Waals surface area contributed by atoms with Crippen molar-refractivity contribution < 1.29 is 33.4 Å². The van der Waals surface area contributed by atoms with E-state index in [1.807, 2.05) is 0 Å². The van der Waals surface area contributed by atoms with Crippen LogP contribution >= 0.6 is 11.6 Å². The summed E-state index contributed by atoms with van der Waals surface area (Å²) < 4.78 is 24.6. The lowest BCUT2D eigenvalue weighted by Gasteiger charge is -2.70. The van der Waals surface area contributed by atoms with Crippen LogP contribution < -0.4 is 25.0 Å². The van der Waals surface area contributed by atoms with Crippen molar-refractivity contribution in [2.45, 2.75) is 36.4 Å². The molecule has 1 unspecified atom stereocenters. The number of nitrogens with one attached hydrogen (secondary N) is 2. The minimum Gasteiger partial charge on any atom is -0.484 e. The molecule has 6 rings (SSSR count). The van der Waals surface area contributed by atoms with Gasteiger partial charge in [-0.15, -0.1) is 0 Å². The number of aliphatic hydroxyl groups excluding tert-OH is 1. The minimum atomic E-state index is -0.923. The molecule has 2 aromatic rings. The predicted octanol–water partition coefficient (Wildman–Crippen LogP) is 1.55. The van der Waals surface area contributed by atoms with E-state index in [2.05, 4.69) is 10.6 Å². The van der Waals surface area contributed by atoms with Crippen LogP contribution in [-0.2, 0) is 14.4 Å². The monoisotopic (exact) mass is 503 g/mol. The summed E-state index contributed by atoms with van der Waals surface area (Å²) in [7, 11) is 0. The SMILES string of the molecule is O=C(COc1ccc(Cl)c(F)c1)NC12CC(NC(=O)C3CN(C(=O)CO)c4ccccc4O3)(C1)C2. The van der Waals surface area contributed by atoms with E-state index in [1.165, 1.54) is 17.0 Å². The molecule has 3 N–H and O–H groups in total. The molecule has 3 amide bonds. The highest BCUT2D eigenvalue weighted by atomic mass is 35.5. The van der Waals surface area contributed by atoms with Gasteiger partial charge in [0.05, 0.1) is 17.3 Å². The van der Waals surface area contributed by atoms with Crippen LogP contribution in [0.25, 0.3) is 0 Å². The van der Waals surface area contributed by atoms with Gasteiger partial charge in [-0.1, -0.05) is 23.7 Å². The van der Waals surface area contributed by atoms with Crippen molar-refractivity contribution in [3.63, 3.8) is 0 Å². The average Bonchev–Trinajstić information content (AvgIpc) is 2.81. The number of halogens is 2. The first kappa shape index (κ1) is 23.4. The Hall–Kier alpha value is -3.37. The molecule has 0 spiro atoms. The van der Waals surface area contributed by atoms with E-state index in [9.17, 15) is 23.9 Å². The van der Waals surface area contributed by atoms with E-state index in [0.29, 0.717) is 30.7 Å². The maximum atomic E-state index is 13.5. The third kappa shape index (κ3) is 4.39. The number of nitrogens with zero attached hydrogens (tertiary/aromatic N) is 1.